The molecule has 0 saturated carbocycles. The average molecular weight is 277 g/mol. The molecule has 1 aromatic carbocycles. The van der Waals surface area contributed by atoms with Crippen LogP contribution in [0.1, 0.15) is 36.0 Å². The maximum Gasteiger partial charge on any atom is 0.254 e. The number of amides is 1. The standard InChI is InChI=1S/C15H20FN3O/c16-12-9-10(17)4-5-11(12)15(20)18-13-6-8-19-7-2-1-3-14(13)19/h4-5,9,13-14H,1-3,6-8,17H2,(H,18,20). The summed E-state index contributed by atoms with van der Waals surface area (Å²) in [6.07, 6.45) is 4.52. The quantitative estimate of drug-likeness (QED) is 0.810. The average Bonchev–Trinajstić information content (AvgIpc) is 2.82. The lowest BCUT2D eigenvalue weighted by molar-refractivity contribution is 0.0911. The molecule has 0 radical (unpaired) electrons. The summed E-state index contributed by atoms with van der Waals surface area (Å²) >= 11 is 0. The van der Waals surface area contributed by atoms with Gasteiger partial charge in [0.15, 0.2) is 0 Å². The molecule has 2 aliphatic heterocycles. The molecule has 4 nitrogen and oxygen atoms in total. The van der Waals surface area contributed by atoms with Gasteiger partial charge < -0.3 is 11.1 Å². The highest BCUT2D eigenvalue weighted by Gasteiger charge is 2.36. The molecule has 2 unspecified atom stereocenters. The van der Waals surface area contributed by atoms with E-state index in [1.165, 1.54) is 25.0 Å². The van der Waals surface area contributed by atoms with E-state index in [4.69, 9.17) is 5.73 Å². The van der Waals surface area contributed by atoms with E-state index < -0.39 is 5.82 Å². The molecule has 2 saturated heterocycles. The minimum atomic E-state index is -0.555. The van der Waals surface area contributed by atoms with E-state index in [1.54, 1.807) is 6.07 Å². The van der Waals surface area contributed by atoms with Crippen LogP contribution < -0.4 is 11.1 Å². The molecule has 20 heavy (non-hydrogen) atoms. The zero-order chi connectivity index (χ0) is 14.1. The third kappa shape index (κ3) is 2.50. The Morgan fingerprint density at radius 1 is 1.30 bits per heavy atom. The number of nitrogen functional groups attached to an aromatic ring is 1. The predicted molar refractivity (Wildman–Crippen MR) is 75.9 cm³/mol. The molecule has 2 fully saturated rings. The molecular weight excluding hydrogens is 257 g/mol. The second-order valence-electron chi connectivity index (χ2n) is 5.71. The molecule has 0 spiro atoms. The summed E-state index contributed by atoms with van der Waals surface area (Å²) < 4.78 is 13.8. The second-order valence-corrected chi connectivity index (χ2v) is 5.71. The van der Waals surface area contributed by atoms with Crippen LogP contribution in [0.4, 0.5) is 10.1 Å². The van der Waals surface area contributed by atoms with E-state index in [-0.39, 0.29) is 17.5 Å². The molecule has 2 atom stereocenters. The van der Waals surface area contributed by atoms with Gasteiger partial charge >= 0.3 is 0 Å². The van der Waals surface area contributed by atoms with Crippen molar-refractivity contribution in [3.05, 3.63) is 29.6 Å². The zero-order valence-electron chi connectivity index (χ0n) is 11.4. The first-order valence-electron chi connectivity index (χ1n) is 7.25. The number of anilines is 1. The maximum atomic E-state index is 13.8. The number of nitrogens with two attached hydrogens (primary N) is 1. The summed E-state index contributed by atoms with van der Waals surface area (Å²) in [4.78, 5) is 14.6. The third-order valence-corrected chi connectivity index (χ3v) is 4.41. The monoisotopic (exact) mass is 277 g/mol. The molecule has 3 rings (SSSR count). The Hall–Kier alpha value is -1.62. The highest BCUT2D eigenvalue weighted by atomic mass is 19.1. The molecule has 108 valence electrons. The molecule has 1 aromatic rings. The number of piperidine rings is 1. The van der Waals surface area contributed by atoms with Crippen molar-refractivity contribution >= 4 is 11.6 Å². The van der Waals surface area contributed by atoms with Gasteiger partial charge in [0, 0.05) is 24.3 Å². The summed E-state index contributed by atoms with van der Waals surface area (Å²) in [5, 5.41) is 2.99. The van der Waals surface area contributed by atoms with Gasteiger partial charge in [-0.1, -0.05) is 6.42 Å². The van der Waals surface area contributed by atoms with Gasteiger partial charge in [0.1, 0.15) is 5.82 Å². The van der Waals surface area contributed by atoms with Gasteiger partial charge in [0.25, 0.3) is 5.91 Å². The van der Waals surface area contributed by atoms with Crippen molar-refractivity contribution in [1.82, 2.24) is 10.2 Å². The molecule has 0 aliphatic carbocycles. The van der Waals surface area contributed by atoms with E-state index in [1.807, 2.05) is 0 Å². The van der Waals surface area contributed by atoms with Crippen molar-refractivity contribution in [3.63, 3.8) is 0 Å². The number of hydrogen-bond donors (Lipinski definition) is 2. The van der Waals surface area contributed by atoms with Crippen molar-refractivity contribution < 1.29 is 9.18 Å². The molecule has 1 amide bonds. The number of carbonyl (C=O) groups excluding carboxylic acids is 1. The van der Waals surface area contributed by atoms with Gasteiger partial charge in [-0.15, -0.1) is 0 Å². The minimum absolute atomic E-state index is 0.0773. The normalized spacial score (nSPS) is 26.2. The van der Waals surface area contributed by atoms with Crippen LogP contribution >= 0.6 is 0 Å². The first-order chi connectivity index (χ1) is 9.65. The molecule has 2 aliphatic rings. The van der Waals surface area contributed by atoms with E-state index in [9.17, 15) is 9.18 Å². The number of rotatable bonds is 2. The van der Waals surface area contributed by atoms with Gasteiger partial charge in [-0.3, -0.25) is 9.69 Å². The number of nitrogens with one attached hydrogen (secondary N) is 1. The van der Waals surface area contributed by atoms with Gasteiger partial charge in [-0.05, 0) is 44.0 Å². The Labute approximate surface area is 118 Å². The highest BCUT2D eigenvalue weighted by molar-refractivity contribution is 5.95. The Kier molecular flexibility index (Phi) is 3.61. The highest BCUT2D eigenvalue weighted by Crippen LogP contribution is 2.27. The van der Waals surface area contributed by atoms with Crippen LogP contribution in [-0.4, -0.2) is 36.0 Å². The molecule has 5 heteroatoms. The fourth-order valence-corrected chi connectivity index (χ4v) is 3.38. The summed E-state index contributed by atoms with van der Waals surface area (Å²) in [5.41, 5.74) is 5.91. The second kappa shape index (κ2) is 5.40. The van der Waals surface area contributed by atoms with E-state index in [2.05, 4.69) is 10.2 Å². The first-order valence-corrected chi connectivity index (χ1v) is 7.25. The van der Waals surface area contributed by atoms with Gasteiger partial charge in [0.05, 0.1) is 5.56 Å². The summed E-state index contributed by atoms with van der Waals surface area (Å²) in [5.74, 6) is -0.888. The molecule has 3 N–H and O–H groups in total. The summed E-state index contributed by atoms with van der Waals surface area (Å²) in [6.45, 7) is 2.15. The van der Waals surface area contributed by atoms with E-state index in [0.717, 1.165) is 25.9 Å². The van der Waals surface area contributed by atoms with Crippen molar-refractivity contribution in [2.24, 2.45) is 0 Å². The predicted octanol–water partition coefficient (Wildman–Crippen LogP) is 1.76. The lowest BCUT2D eigenvalue weighted by atomic mass is 9.98. The van der Waals surface area contributed by atoms with E-state index in [0.29, 0.717) is 11.7 Å². The molecule has 0 aromatic heterocycles. The van der Waals surface area contributed by atoms with Crippen molar-refractivity contribution in [2.45, 2.75) is 37.8 Å². The van der Waals surface area contributed by atoms with Gasteiger partial charge in [-0.25, -0.2) is 4.39 Å². The lowest BCUT2D eigenvalue weighted by Gasteiger charge is -2.32. The number of hydrogen-bond acceptors (Lipinski definition) is 3. The van der Waals surface area contributed by atoms with Crippen molar-refractivity contribution in [3.8, 4) is 0 Å². The summed E-state index contributed by atoms with van der Waals surface area (Å²) in [6, 6.07) is 4.76. The van der Waals surface area contributed by atoms with Gasteiger partial charge in [0.2, 0.25) is 0 Å². The van der Waals surface area contributed by atoms with Crippen LogP contribution in [0.2, 0.25) is 0 Å². The fourth-order valence-electron chi connectivity index (χ4n) is 3.38. The van der Waals surface area contributed by atoms with Crippen LogP contribution in [0.5, 0.6) is 0 Å². The fraction of sp³-hybridized carbons (Fsp3) is 0.533. The Balaban J connectivity index is 1.69. The first kappa shape index (κ1) is 13.4. The smallest absolute Gasteiger partial charge is 0.254 e. The number of fused-ring (bicyclic) bond motifs is 1. The molecule has 0 bridgehead atoms. The topological polar surface area (TPSA) is 58.4 Å². The zero-order valence-corrected chi connectivity index (χ0v) is 11.4. The summed E-state index contributed by atoms with van der Waals surface area (Å²) in [7, 11) is 0. The SMILES string of the molecule is Nc1ccc(C(=O)NC2CCN3CCCCC23)c(F)c1. The van der Waals surface area contributed by atoms with Gasteiger partial charge in [-0.2, -0.15) is 0 Å². The number of halogens is 1. The Bertz CT molecular complexity index is 520. The van der Waals surface area contributed by atoms with E-state index >= 15 is 0 Å². The number of carbonyl (C=O) groups is 1. The molecule has 2 heterocycles. The minimum Gasteiger partial charge on any atom is -0.399 e. The Morgan fingerprint density at radius 3 is 2.95 bits per heavy atom. The Morgan fingerprint density at radius 2 is 2.15 bits per heavy atom. The number of benzene rings is 1. The van der Waals surface area contributed by atoms with Crippen LogP contribution in [0.3, 0.4) is 0 Å². The molecular formula is C15H20FN3O. The van der Waals surface area contributed by atoms with Crippen LogP contribution in [0.25, 0.3) is 0 Å². The lowest BCUT2D eigenvalue weighted by Crippen LogP contribution is -2.46. The van der Waals surface area contributed by atoms with Crippen LogP contribution in [0.15, 0.2) is 18.2 Å². The van der Waals surface area contributed by atoms with Crippen LogP contribution in [0, 0.1) is 5.82 Å². The van der Waals surface area contributed by atoms with Crippen molar-refractivity contribution in [1.29, 1.82) is 0 Å². The van der Waals surface area contributed by atoms with Crippen LogP contribution in [-0.2, 0) is 0 Å². The third-order valence-electron chi connectivity index (χ3n) is 4.41. The number of nitrogens with zero attached hydrogens (tertiary/aromatic N) is 1. The largest absolute Gasteiger partial charge is 0.399 e. The maximum absolute atomic E-state index is 13.8. The van der Waals surface area contributed by atoms with Crippen molar-refractivity contribution in [2.75, 3.05) is 18.8 Å².